The highest BCUT2D eigenvalue weighted by Crippen LogP contribution is 2.22. The Balaban J connectivity index is 1.99. The summed E-state index contributed by atoms with van der Waals surface area (Å²) < 4.78 is 5.66. The molecule has 2 aromatic rings. The van der Waals surface area contributed by atoms with Gasteiger partial charge in [0.05, 0.1) is 4.92 Å². The van der Waals surface area contributed by atoms with Crippen molar-refractivity contribution in [2.75, 3.05) is 5.32 Å². The second kappa shape index (κ2) is 8.28. The lowest BCUT2D eigenvalue weighted by Crippen LogP contribution is -2.30. The maximum atomic E-state index is 12.3. The molecule has 0 bridgehead atoms. The molecule has 1 N–H and O–H groups in total. The average molecular weight is 342 g/mol. The summed E-state index contributed by atoms with van der Waals surface area (Å²) in [6, 6.07) is 12.0. The summed E-state index contributed by atoms with van der Waals surface area (Å²) in [5, 5.41) is 13.5. The molecule has 0 fully saturated rings. The second-order valence-corrected chi connectivity index (χ2v) is 5.90. The van der Waals surface area contributed by atoms with Crippen molar-refractivity contribution in [1.82, 2.24) is 0 Å². The Labute approximate surface area is 147 Å². The quantitative estimate of drug-likeness (QED) is 0.602. The van der Waals surface area contributed by atoms with E-state index in [9.17, 15) is 14.9 Å². The number of anilines is 1. The van der Waals surface area contributed by atoms with Crippen molar-refractivity contribution in [3.05, 3.63) is 63.7 Å². The topological polar surface area (TPSA) is 81.5 Å². The van der Waals surface area contributed by atoms with Crippen molar-refractivity contribution >= 4 is 17.3 Å². The molecule has 0 aliphatic rings. The molecule has 2 rings (SSSR count). The van der Waals surface area contributed by atoms with Gasteiger partial charge in [-0.2, -0.15) is 0 Å². The van der Waals surface area contributed by atoms with Crippen LogP contribution in [0.15, 0.2) is 42.5 Å². The van der Waals surface area contributed by atoms with Gasteiger partial charge in [0.25, 0.3) is 11.6 Å². The van der Waals surface area contributed by atoms with Crippen LogP contribution in [0, 0.1) is 17.0 Å². The number of ether oxygens (including phenoxy) is 1. The maximum Gasteiger partial charge on any atom is 0.269 e. The van der Waals surface area contributed by atoms with Crippen LogP contribution in [0.3, 0.4) is 0 Å². The molecule has 0 saturated carbocycles. The maximum absolute atomic E-state index is 12.3. The fourth-order valence-corrected chi connectivity index (χ4v) is 2.42. The number of carbonyl (C=O) groups is 1. The number of carbonyl (C=O) groups excluding carboxylic acids is 1. The Morgan fingerprint density at radius 3 is 2.48 bits per heavy atom. The molecule has 6 nitrogen and oxygen atoms in total. The number of hydrogen-bond donors (Lipinski definition) is 1. The normalized spacial score (nSPS) is 11.6. The van der Waals surface area contributed by atoms with E-state index in [0.717, 1.165) is 12.8 Å². The third-order valence-corrected chi connectivity index (χ3v) is 3.82. The van der Waals surface area contributed by atoms with Crippen molar-refractivity contribution in [3.63, 3.8) is 0 Å². The second-order valence-electron chi connectivity index (χ2n) is 5.90. The van der Waals surface area contributed by atoms with Crippen LogP contribution < -0.4 is 10.1 Å². The smallest absolute Gasteiger partial charge is 0.269 e. The molecule has 0 radical (unpaired) electrons. The molecule has 1 atom stereocenters. The monoisotopic (exact) mass is 342 g/mol. The molecule has 0 saturated heterocycles. The van der Waals surface area contributed by atoms with Crippen molar-refractivity contribution in [3.8, 4) is 5.75 Å². The highest BCUT2D eigenvalue weighted by molar-refractivity contribution is 5.94. The Morgan fingerprint density at radius 1 is 1.24 bits per heavy atom. The van der Waals surface area contributed by atoms with Crippen LogP contribution in [-0.4, -0.2) is 16.9 Å². The van der Waals surface area contributed by atoms with Crippen molar-refractivity contribution in [2.45, 2.75) is 39.7 Å². The number of rotatable bonds is 7. The molecular weight excluding hydrogens is 320 g/mol. The van der Waals surface area contributed by atoms with Gasteiger partial charge in [-0.1, -0.05) is 25.5 Å². The molecule has 6 heteroatoms. The number of nitro benzene ring substituents is 1. The molecule has 1 unspecified atom stereocenters. The summed E-state index contributed by atoms with van der Waals surface area (Å²) in [5.41, 5.74) is 2.38. The van der Waals surface area contributed by atoms with Gasteiger partial charge in [-0.05, 0) is 49.6 Å². The number of nitro groups is 1. The van der Waals surface area contributed by atoms with E-state index in [0.29, 0.717) is 17.0 Å². The standard InChI is InChI=1S/C19H22N2O4/c1-4-5-15-6-9-17(10-7-15)25-14(3)19(22)20-18-11-8-16(21(23)24)12-13(18)2/h6-12,14H,4-5H2,1-3H3,(H,20,22). The first kappa shape index (κ1) is 18.4. The Hall–Kier alpha value is -2.89. The van der Waals surface area contributed by atoms with E-state index >= 15 is 0 Å². The summed E-state index contributed by atoms with van der Waals surface area (Å²) in [4.78, 5) is 22.6. The van der Waals surface area contributed by atoms with Gasteiger partial charge in [-0.15, -0.1) is 0 Å². The third-order valence-electron chi connectivity index (χ3n) is 3.82. The van der Waals surface area contributed by atoms with Gasteiger partial charge in [-0.3, -0.25) is 14.9 Å². The van der Waals surface area contributed by atoms with E-state index in [4.69, 9.17) is 4.74 Å². The van der Waals surface area contributed by atoms with Crippen LogP contribution in [0.4, 0.5) is 11.4 Å². The zero-order chi connectivity index (χ0) is 18.4. The minimum Gasteiger partial charge on any atom is -0.481 e. The molecule has 0 aliphatic heterocycles. The minimum absolute atomic E-state index is 0.00744. The first-order chi connectivity index (χ1) is 11.9. The summed E-state index contributed by atoms with van der Waals surface area (Å²) in [6.45, 7) is 5.49. The third kappa shape index (κ3) is 5.04. The van der Waals surface area contributed by atoms with Gasteiger partial charge < -0.3 is 10.1 Å². The summed E-state index contributed by atoms with van der Waals surface area (Å²) in [7, 11) is 0. The Bertz CT molecular complexity index is 757. The highest BCUT2D eigenvalue weighted by Gasteiger charge is 2.17. The number of nitrogens with one attached hydrogen (secondary N) is 1. The Morgan fingerprint density at radius 2 is 1.92 bits per heavy atom. The Kier molecular flexibility index (Phi) is 6.11. The number of amides is 1. The molecule has 0 heterocycles. The lowest BCUT2D eigenvalue weighted by Gasteiger charge is -2.16. The van der Waals surface area contributed by atoms with Gasteiger partial charge in [0, 0.05) is 17.8 Å². The highest BCUT2D eigenvalue weighted by atomic mass is 16.6. The van der Waals surface area contributed by atoms with E-state index < -0.39 is 11.0 Å². The number of aryl methyl sites for hydroxylation is 2. The molecule has 0 spiro atoms. The van der Waals surface area contributed by atoms with Crippen LogP contribution in [0.5, 0.6) is 5.75 Å². The molecule has 0 aromatic heterocycles. The predicted molar refractivity (Wildman–Crippen MR) is 97.0 cm³/mol. The van der Waals surface area contributed by atoms with Crippen LogP contribution in [0.1, 0.15) is 31.4 Å². The average Bonchev–Trinajstić information content (AvgIpc) is 2.58. The summed E-state index contributed by atoms with van der Waals surface area (Å²) in [5.74, 6) is 0.317. The lowest BCUT2D eigenvalue weighted by atomic mass is 10.1. The van der Waals surface area contributed by atoms with Crippen molar-refractivity contribution in [2.24, 2.45) is 0 Å². The summed E-state index contributed by atoms with van der Waals surface area (Å²) in [6.07, 6.45) is 1.40. The fraction of sp³-hybridized carbons (Fsp3) is 0.316. The molecular formula is C19H22N2O4. The van der Waals surface area contributed by atoms with Crippen LogP contribution in [-0.2, 0) is 11.2 Å². The minimum atomic E-state index is -0.688. The van der Waals surface area contributed by atoms with Crippen LogP contribution >= 0.6 is 0 Å². The number of benzene rings is 2. The zero-order valence-corrected chi connectivity index (χ0v) is 14.6. The van der Waals surface area contributed by atoms with Crippen LogP contribution in [0.25, 0.3) is 0 Å². The molecule has 25 heavy (non-hydrogen) atoms. The molecule has 132 valence electrons. The predicted octanol–water partition coefficient (Wildman–Crippen LogP) is 4.26. The van der Waals surface area contributed by atoms with Crippen molar-refractivity contribution in [1.29, 1.82) is 0 Å². The van der Waals surface area contributed by atoms with E-state index in [-0.39, 0.29) is 11.6 Å². The lowest BCUT2D eigenvalue weighted by molar-refractivity contribution is -0.384. The van der Waals surface area contributed by atoms with Crippen LogP contribution in [0.2, 0.25) is 0 Å². The van der Waals surface area contributed by atoms with E-state index in [1.54, 1.807) is 13.8 Å². The van der Waals surface area contributed by atoms with E-state index in [2.05, 4.69) is 12.2 Å². The van der Waals surface area contributed by atoms with Gasteiger partial charge in [0.1, 0.15) is 5.75 Å². The van der Waals surface area contributed by atoms with Gasteiger partial charge >= 0.3 is 0 Å². The SMILES string of the molecule is CCCc1ccc(OC(C)C(=O)Nc2ccc([N+](=O)[O-])cc2C)cc1. The fourth-order valence-electron chi connectivity index (χ4n) is 2.42. The van der Waals surface area contributed by atoms with E-state index in [1.165, 1.54) is 23.8 Å². The van der Waals surface area contributed by atoms with Gasteiger partial charge in [0.15, 0.2) is 6.10 Å². The van der Waals surface area contributed by atoms with E-state index in [1.807, 2.05) is 24.3 Å². The van der Waals surface area contributed by atoms with Gasteiger partial charge in [-0.25, -0.2) is 0 Å². The first-order valence-corrected chi connectivity index (χ1v) is 8.22. The van der Waals surface area contributed by atoms with Crippen molar-refractivity contribution < 1.29 is 14.5 Å². The molecule has 0 aliphatic carbocycles. The molecule has 1 amide bonds. The number of nitrogens with zero attached hydrogens (tertiary/aromatic N) is 1. The van der Waals surface area contributed by atoms with Gasteiger partial charge in [0.2, 0.25) is 0 Å². The first-order valence-electron chi connectivity index (χ1n) is 8.22. The molecule has 2 aromatic carbocycles. The number of non-ortho nitro benzene ring substituents is 1. The largest absolute Gasteiger partial charge is 0.481 e. The summed E-state index contributed by atoms with van der Waals surface area (Å²) >= 11 is 0. The zero-order valence-electron chi connectivity index (χ0n) is 14.6. The number of hydrogen-bond acceptors (Lipinski definition) is 4.